The van der Waals surface area contributed by atoms with E-state index in [0.29, 0.717) is 25.2 Å². The van der Waals surface area contributed by atoms with Gasteiger partial charge in [-0.1, -0.05) is 19.1 Å². The Bertz CT molecular complexity index is 371. The maximum atomic E-state index is 13.6. The first-order valence-electron chi connectivity index (χ1n) is 6.93. The summed E-state index contributed by atoms with van der Waals surface area (Å²) in [6.45, 7) is 6.21. The molecule has 0 aromatic heterocycles. The van der Waals surface area contributed by atoms with E-state index < -0.39 is 11.6 Å². The van der Waals surface area contributed by atoms with Crippen molar-refractivity contribution < 1.29 is 13.5 Å². The summed E-state index contributed by atoms with van der Waals surface area (Å²) in [4.78, 5) is 0. The van der Waals surface area contributed by atoms with Gasteiger partial charge in [0.15, 0.2) is 11.6 Å². The van der Waals surface area contributed by atoms with Crippen LogP contribution in [0.15, 0.2) is 18.2 Å². The molecule has 0 amide bonds. The Hall–Kier alpha value is -1.00. The molecule has 108 valence electrons. The number of nitrogens with one attached hydrogen (secondary N) is 1. The normalized spacial score (nSPS) is 12.6. The van der Waals surface area contributed by atoms with Crippen LogP contribution in [0, 0.1) is 11.6 Å². The highest BCUT2D eigenvalue weighted by atomic mass is 19.2. The van der Waals surface area contributed by atoms with Gasteiger partial charge in [0.25, 0.3) is 0 Å². The van der Waals surface area contributed by atoms with Crippen LogP contribution in [0.25, 0.3) is 0 Å². The molecule has 1 unspecified atom stereocenters. The summed E-state index contributed by atoms with van der Waals surface area (Å²) >= 11 is 0. The van der Waals surface area contributed by atoms with Crippen LogP contribution >= 0.6 is 0 Å². The smallest absolute Gasteiger partial charge is 0.162 e. The highest BCUT2D eigenvalue weighted by Gasteiger charge is 2.13. The monoisotopic (exact) mass is 271 g/mol. The van der Waals surface area contributed by atoms with Crippen molar-refractivity contribution in [1.29, 1.82) is 0 Å². The van der Waals surface area contributed by atoms with E-state index >= 15 is 0 Å². The lowest BCUT2D eigenvalue weighted by atomic mass is 10.0. The van der Waals surface area contributed by atoms with E-state index in [1.54, 1.807) is 12.1 Å². The maximum Gasteiger partial charge on any atom is 0.162 e. The highest BCUT2D eigenvalue weighted by Crippen LogP contribution is 2.15. The van der Waals surface area contributed by atoms with Gasteiger partial charge in [-0.15, -0.1) is 0 Å². The minimum absolute atomic E-state index is 0.154. The first kappa shape index (κ1) is 16.1. The van der Waals surface area contributed by atoms with E-state index in [-0.39, 0.29) is 6.04 Å². The van der Waals surface area contributed by atoms with Crippen molar-refractivity contribution in [2.75, 3.05) is 19.8 Å². The Labute approximate surface area is 114 Å². The van der Waals surface area contributed by atoms with Gasteiger partial charge in [-0.2, -0.15) is 0 Å². The van der Waals surface area contributed by atoms with Crippen LogP contribution < -0.4 is 5.32 Å². The van der Waals surface area contributed by atoms with Crippen molar-refractivity contribution in [3.8, 4) is 0 Å². The summed E-state index contributed by atoms with van der Waals surface area (Å²) in [6, 6.07) is 4.50. The molecular weight excluding hydrogens is 248 g/mol. The van der Waals surface area contributed by atoms with Crippen LogP contribution in [0.1, 0.15) is 32.3 Å². The molecule has 0 bridgehead atoms. The Kier molecular flexibility index (Phi) is 7.60. The molecule has 0 aliphatic rings. The summed E-state index contributed by atoms with van der Waals surface area (Å²) in [7, 11) is 0. The van der Waals surface area contributed by atoms with Crippen molar-refractivity contribution >= 4 is 0 Å². The molecular formula is C15H23F2NO. The Balaban J connectivity index is 2.54. The van der Waals surface area contributed by atoms with Crippen LogP contribution in [0.4, 0.5) is 8.78 Å². The molecule has 2 nitrogen and oxygen atoms in total. The fourth-order valence-electron chi connectivity index (χ4n) is 2.11. The number of benzene rings is 1. The topological polar surface area (TPSA) is 21.3 Å². The molecule has 4 heteroatoms. The molecule has 1 aromatic rings. The number of hydrogen-bond donors (Lipinski definition) is 1. The van der Waals surface area contributed by atoms with Crippen LogP contribution in [0.3, 0.4) is 0 Å². The lowest BCUT2D eigenvalue weighted by Crippen LogP contribution is -2.31. The third kappa shape index (κ3) is 5.66. The lowest BCUT2D eigenvalue weighted by Gasteiger charge is -2.18. The van der Waals surface area contributed by atoms with Gasteiger partial charge in [-0.25, -0.2) is 8.78 Å². The molecule has 0 saturated carbocycles. The second-order valence-electron chi connectivity index (χ2n) is 4.51. The molecule has 0 spiro atoms. The SMILES string of the molecule is CCNC(CCCOCC)Cc1cccc(F)c1F. The number of rotatable bonds is 9. The van der Waals surface area contributed by atoms with E-state index in [9.17, 15) is 8.78 Å². The van der Waals surface area contributed by atoms with Gasteiger partial charge in [0.1, 0.15) is 0 Å². The third-order valence-electron chi connectivity index (χ3n) is 3.04. The summed E-state index contributed by atoms with van der Waals surface area (Å²) in [6.07, 6.45) is 2.32. The molecule has 1 N–H and O–H groups in total. The largest absolute Gasteiger partial charge is 0.382 e. The quantitative estimate of drug-likeness (QED) is 0.696. The van der Waals surface area contributed by atoms with Gasteiger partial charge >= 0.3 is 0 Å². The van der Waals surface area contributed by atoms with E-state index in [0.717, 1.165) is 25.5 Å². The molecule has 0 saturated heterocycles. The van der Waals surface area contributed by atoms with Crippen LogP contribution in [-0.4, -0.2) is 25.8 Å². The molecule has 1 rings (SSSR count). The first-order chi connectivity index (χ1) is 9.19. The Morgan fingerprint density at radius 1 is 1.26 bits per heavy atom. The third-order valence-corrected chi connectivity index (χ3v) is 3.04. The van der Waals surface area contributed by atoms with Crippen molar-refractivity contribution in [3.05, 3.63) is 35.4 Å². The lowest BCUT2D eigenvalue weighted by molar-refractivity contribution is 0.140. The molecule has 0 heterocycles. The van der Waals surface area contributed by atoms with E-state index in [4.69, 9.17) is 4.74 Å². The van der Waals surface area contributed by atoms with Gasteiger partial charge in [0.05, 0.1) is 0 Å². The predicted octanol–water partition coefficient (Wildman–Crippen LogP) is 3.30. The van der Waals surface area contributed by atoms with Gasteiger partial charge in [-0.3, -0.25) is 0 Å². The van der Waals surface area contributed by atoms with Crippen molar-refractivity contribution in [1.82, 2.24) is 5.32 Å². The Morgan fingerprint density at radius 3 is 2.74 bits per heavy atom. The maximum absolute atomic E-state index is 13.6. The van der Waals surface area contributed by atoms with Gasteiger partial charge in [0, 0.05) is 19.3 Å². The number of ether oxygens (including phenoxy) is 1. The number of halogens is 2. The highest BCUT2D eigenvalue weighted by molar-refractivity contribution is 5.20. The number of hydrogen-bond acceptors (Lipinski definition) is 2. The second-order valence-corrected chi connectivity index (χ2v) is 4.51. The fraction of sp³-hybridized carbons (Fsp3) is 0.600. The van der Waals surface area contributed by atoms with E-state index in [1.807, 2.05) is 13.8 Å². The van der Waals surface area contributed by atoms with Crippen molar-refractivity contribution in [2.45, 2.75) is 39.2 Å². The van der Waals surface area contributed by atoms with E-state index in [2.05, 4.69) is 5.32 Å². The molecule has 0 aliphatic heterocycles. The summed E-state index contributed by atoms with van der Waals surface area (Å²) in [5.41, 5.74) is 0.433. The van der Waals surface area contributed by atoms with Crippen LogP contribution in [0.2, 0.25) is 0 Å². The van der Waals surface area contributed by atoms with Gasteiger partial charge in [-0.05, 0) is 44.4 Å². The molecule has 0 aliphatic carbocycles. The van der Waals surface area contributed by atoms with Crippen LogP contribution in [0.5, 0.6) is 0 Å². The molecule has 19 heavy (non-hydrogen) atoms. The number of likely N-dealkylation sites (N-methyl/N-ethyl adjacent to an activating group) is 1. The van der Waals surface area contributed by atoms with E-state index in [1.165, 1.54) is 0 Å². The minimum atomic E-state index is -0.776. The zero-order chi connectivity index (χ0) is 14.1. The standard InChI is InChI=1S/C15H23F2NO/c1-3-18-13(8-6-10-19-4-2)11-12-7-5-9-14(16)15(12)17/h5,7,9,13,18H,3-4,6,8,10-11H2,1-2H3. The zero-order valence-electron chi connectivity index (χ0n) is 11.7. The zero-order valence-corrected chi connectivity index (χ0v) is 11.7. The van der Waals surface area contributed by atoms with Gasteiger partial charge < -0.3 is 10.1 Å². The summed E-state index contributed by atoms with van der Waals surface area (Å²) < 4.78 is 32.1. The minimum Gasteiger partial charge on any atom is -0.382 e. The summed E-state index contributed by atoms with van der Waals surface area (Å²) in [5, 5.41) is 3.31. The fourth-order valence-corrected chi connectivity index (χ4v) is 2.11. The average molecular weight is 271 g/mol. The first-order valence-corrected chi connectivity index (χ1v) is 6.93. The van der Waals surface area contributed by atoms with Crippen LogP contribution in [-0.2, 0) is 11.2 Å². The molecule has 0 radical (unpaired) electrons. The molecule has 1 atom stereocenters. The Morgan fingerprint density at radius 2 is 2.05 bits per heavy atom. The molecule has 1 aromatic carbocycles. The predicted molar refractivity (Wildman–Crippen MR) is 73.3 cm³/mol. The van der Waals surface area contributed by atoms with Crippen molar-refractivity contribution in [2.24, 2.45) is 0 Å². The van der Waals surface area contributed by atoms with Gasteiger partial charge in [0.2, 0.25) is 0 Å². The average Bonchev–Trinajstić information content (AvgIpc) is 2.40. The van der Waals surface area contributed by atoms with Crippen molar-refractivity contribution in [3.63, 3.8) is 0 Å². The molecule has 0 fully saturated rings. The second kappa shape index (κ2) is 8.99. The summed E-state index contributed by atoms with van der Waals surface area (Å²) in [5.74, 6) is -1.50.